The number of ether oxygens (including phenoxy) is 1. The molecule has 0 bridgehead atoms. The minimum atomic E-state index is -0.829. The fraction of sp³-hybridized carbons (Fsp3) is 0.0625. The molecule has 0 saturated carbocycles. The number of hydrogen-bond acceptors (Lipinski definition) is 5. The van der Waals surface area contributed by atoms with E-state index in [1.807, 2.05) is 0 Å². The van der Waals surface area contributed by atoms with Crippen LogP contribution in [0.1, 0.15) is 16.2 Å². The average molecular weight is 316 g/mol. The van der Waals surface area contributed by atoms with Crippen molar-refractivity contribution in [3.05, 3.63) is 71.6 Å². The van der Waals surface area contributed by atoms with Crippen LogP contribution in [0.5, 0.6) is 0 Å². The van der Waals surface area contributed by atoms with Crippen LogP contribution in [0, 0.1) is 11.6 Å². The maximum absolute atomic E-state index is 13.4. The van der Waals surface area contributed by atoms with Gasteiger partial charge < -0.3 is 9.26 Å². The summed E-state index contributed by atoms with van der Waals surface area (Å²) in [6, 6.07) is 11.0. The molecule has 1 aromatic heterocycles. The molecule has 0 aliphatic heterocycles. The van der Waals surface area contributed by atoms with E-state index in [2.05, 4.69) is 10.1 Å². The number of nitrogens with zero attached hydrogens (tertiary/aromatic N) is 2. The maximum Gasteiger partial charge on any atom is 0.341 e. The first-order chi connectivity index (χ1) is 11.1. The van der Waals surface area contributed by atoms with Gasteiger partial charge in [-0.2, -0.15) is 4.98 Å². The van der Waals surface area contributed by atoms with Gasteiger partial charge in [0.25, 0.3) is 5.89 Å². The lowest BCUT2D eigenvalue weighted by molar-refractivity contribution is 0.0424. The normalized spacial score (nSPS) is 10.5. The summed E-state index contributed by atoms with van der Waals surface area (Å²) in [4.78, 5) is 15.8. The lowest BCUT2D eigenvalue weighted by Gasteiger charge is -2.02. The van der Waals surface area contributed by atoms with E-state index in [9.17, 15) is 13.6 Å². The first kappa shape index (κ1) is 14.8. The van der Waals surface area contributed by atoms with Gasteiger partial charge in [-0.15, -0.1) is 0 Å². The van der Waals surface area contributed by atoms with E-state index in [-0.39, 0.29) is 29.7 Å². The monoisotopic (exact) mass is 316 g/mol. The highest BCUT2D eigenvalue weighted by Crippen LogP contribution is 2.17. The van der Waals surface area contributed by atoms with Crippen molar-refractivity contribution in [1.29, 1.82) is 0 Å². The molecule has 0 unspecified atom stereocenters. The number of halogens is 2. The molecule has 7 heteroatoms. The van der Waals surface area contributed by atoms with Gasteiger partial charge in [0.15, 0.2) is 6.61 Å². The summed E-state index contributed by atoms with van der Waals surface area (Å²) in [5.41, 5.74) is 0.382. The number of aromatic nitrogens is 2. The lowest BCUT2D eigenvalue weighted by atomic mass is 10.2. The van der Waals surface area contributed by atoms with Gasteiger partial charge in [-0.05, 0) is 36.4 Å². The van der Waals surface area contributed by atoms with E-state index >= 15 is 0 Å². The quantitative estimate of drug-likeness (QED) is 0.690. The van der Waals surface area contributed by atoms with Gasteiger partial charge in [-0.3, -0.25) is 0 Å². The minimum absolute atomic E-state index is 0.0500. The predicted molar refractivity (Wildman–Crippen MR) is 75.2 cm³/mol. The van der Waals surface area contributed by atoms with E-state index in [4.69, 9.17) is 9.26 Å². The third kappa shape index (κ3) is 3.39. The molecule has 0 N–H and O–H groups in total. The van der Waals surface area contributed by atoms with Crippen molar-refractivity contribution in [2.75, 3.05) is 0 Å². The Morgan fingerprint density at radius 2 is 1.83 bits per heavy atom. The summed E-state index contributed by atoms with van der Waals surface area (Å²) < 4.78 is 36.2. The number of hydrogen-bond donors (Lipinski definition) is 0. The summed E-state index contributed by atoms with van der Waals surface area (Å²) in [5, 5.41) is 3.71. The van der Waals surface area contributed by atoms with Crippen LogP contribution >= 0.6 is 0 Å². The zero-order chi connectivity index (χ0) is 16.2. The molecule has 0 atom stereocenters. The van der Waals surface area contributed by atoms with Crippen molar-refractivity contribution >= 4 is 5.97 Å². The molecular weight excluding hydrogens is 306 g/mol. The van der Waals surface area contributed by atoms with Crippen molar-refractivity contribution in [2.45, 2.75) is 6.61 Å². The van der Waals surface area contributed by atoms with Crippen LogP contribution in [0.25, 0.3) is 11.4 Å². The fourth-order valence-electron chi connectivity index (χ4n) is 1.86. The Bertz CT molecular complexity index is 831. The molecule has 23 heavy (non-hydrogen) atoms. The molecule has 5 nitrogen and oxygen atoms in total. The second-order valence-electron chi connectivity index (χ2n) is 4.57. The van der Waals surface area contributed by atoms with Crippen LogP contribution in [0.4, 0.5) is 8.78 Å². The number of carbonyl (C=O) groups excluding carboxylic acids is 1. The highest BCUT2D eigenvalue weighted by Gasteiger charge is 2.15. The standard InChI is InChI=1S/C16H10F2N2O3/c17-11-7-5-10(6-8-11)15-19-14(23-20-15)9-22-16(21)12-3-1-2-4-13(12)18/h1-8H,9H2. The van der Waals surface area contributed by atoms with E-state index < -0.39 is 11.8 Å². The topological polar surface area (TPSA) is 65.2 Å². The molecule has 0 fully saturated rings. The largest absolute Gasteiger partial charge is 0.452 e. The second kappa shape index (κ2) is 6.35. The average Bonchev–Trinajstić information content (AvgIpc) is 3.03. The van der Waals surface area contributed by atoms with Crippen molar-refractivity contribution in [1.82, 2.24) is 10.1 Å². The third-order valence-corrected chi connectivity index (χ3v) is 2.99. The van der Waals surface area contributed by atoms with Crippen molar-refractivity contribution < 1.29 is 22.8 Å². The molecular formula is C16H10F2N2O3. The summed E-state index contributed by atoms with van der Waals surface area (Å²) in [6.07, 6.45) is 0. The Morgan fingerprint density at radius 3 is 2.57 bits per heavy atom. The molecule has 1 heterocycles. The van der Waals surface area contributed by atoms with Crippen LogP contribution in [0.15, 0.2) is 53.1 Å². The Hall–Kier alpha value is -3.09. The number of benzene rings is 2. The minimum Gasteiger partial charge on any atom is -0.452 e. The van der Waals surface area contributed by atoms with Crippen LogP contribution in [0.3, 0.4) is 0 Å². The summed E-state index contributed by atoms with van der Waals surface area (Å²) in [7, 11) is 0. The molecule has 0 aliphatic rings. The zero-order valence-corrected chi connectivity index (χ0v) is 11.7. The van der Waals surface area contributed by atoms with Crippen LogP contribution < -0.4 is 0 Å². The van der Waals surface area contributed by atoms with Gasteiger partial charge in [-0.25, -0.2) is 13.6 Å². The fourth-order valence-corrected chi connectivity index (χ4v) is 1.86. The zero-order valence-electron chi connectivity index (χ0n) is 11.7. The molecule has 0 saturated heterocycles. The van der Waals surface area contributed by atoms with Gasteiger partial charge in [-0.1, -0.05) is 17.3 Å². The summed E-state index contributed by atoms with van der Waals surface area (Å²) in [6.45, 7) is -0.290. The molecule has 3 aromatic rings. The SMILES string of the molecule is O=C(OCc1nc(-c2ccc(F)cc2)no1)c1ccccc1F. The first-order valence-corrected chi connectivity index (χ1v) is 6.63. The Labute approximate surface area is 129 Å². The van der Waals surface area contributed by atoms with Gasteiger partial charge in [0.2, 0.25) is 5.82 Å². The van der Waals surface area contributed by atoms with Gasteiger partial charge in [0.1, 0.15) is 11.6 Å². The number of rotatable bonds is 4. The Kier molecular flexibility index (Phi) is 4.09. The maximum atomic E-state index is 13.4. The molecule has 116 valence electrons. The van der Waals surface area contributed by atoms with Crippen molar-refractivity contribution in [2.24, 2.45) is 0 Å². The van der Waals surface area contributed by atoms with Crippen molar-refractivity contribution in [3.8, 4) is 11.4 Å². The number of esters is 1. The Balaban J connectivity index is 1.67. The summed E-state index contributed by atoms with van der Waals surface area (Å²) >= 11 is 0. The number of carbonyl (C=O) groups is 1. The van der Waals surface area contributed by atoms with Crippen LogP contribution in [-0.4, -0.2) is 16.1 Å². The predicted octanol–water partition coefficient (Wildman–Crippen LogP) is 3.37. The lowest BCUT2D eigenvalue weighted by Crippen LogP contribution is -2.07. The molecule has 3 rings (SSSR count). The van der Waals surface area contributed by atoms with Crippen LogP contribution in [0.2, 0.25) is 0 Å². The van der Waals surface area contributed by atoms with Crippen molar-refractivity contribution in [3.63, 3.8) is 0 Å². The van der Waals surface area contributed by atoms with Crippen LogP contribution in [-0.2, 0) is 11.3 Å². The molecule has 0 aliphatic carbocycles. The second-order valence-corrected chi connectivity index (χ2v) is 4.57. The van der Waals surface area contributed by atoms with E-state index in [0.717, 1.165) is 6.07 Å². The van der Waals surface area contributed by atoms with E-state index in [1.54, 1.807) is 0 Å². The Morgan fingerprint density at radius 1 is 1.09 bits per heavy atom. The molecule has 0 amide bonds. The van der Waals surface area contributed by atoms with Gasteiger partial charge >= 0.3 is 5.97 Å². The summed E-state index contributed by atoms with van der Waals surface area (Å²) in [5.74, 6) is -1.59. The van der Waals surface area contributed by atoms with E-state index in [0.29, 0.717) is 5.56 Å². The highest BCUT2D eigenvalue weighted by molar-refractivity contribution is 5.89. The highest BCUT2D eigenvalue weighted by atomic mass is 19.1. The molecule has 0 spiro atoms. The smallest absolute Gasteiger partial charge is 0.341 e. The molecule has 2 aromatic carbocycles. The van der Waals surface area contributed by atoms with Gasteiger partial charge in [0, 0.05) is 5.56 Å². The van der Waals surface area contributed by atoms with E-state index in [1.165, 1.54) is 42.5 Å². The van der Waals surface area contributed by atoms with Gasteiger partial charge in [0.05, 0.1) is 5.56 Å². The molecule has 0 radical (unpaired) electrons. The first-order valence-electron chi connectivity index (χ1n) is 6.63. The third-order valence-electron chi connectivity index (χ3n) is 2.99.